The van der Waals surface area contributed by atoms with Crippen LogP contribution in [0.3, 0.4) is 0 Å². The van der Waals surface area contributed by atoms with E-state index in [0.717, 1.165) is 27.8 Å². The average Bonchev–Trinajstić information content (AvgIpc) is 3.10. The molecule has 1 amide bonds. The standard InChI is InChI=1S/C22H20N4O2S/c1-3-15-5-7-16(8-6-15)17-10-11-21(28)26(25-17)13-20(27)24-22-23-18-9-4-14(2)12-19(18)29-22/h4-12H,3,13H2,1-2H3,(H,23,24,27). The minimum Gasteiger partial charge on any atom is -0.300 e. The van der Waals surface area contributed by atoms with Crippen molar-refractivity contribution in [1.82, 2.24) is 14.8 Å². The molecule has 0 saturated heterocycles. The highest BCUT2D eigenvalue weighted by Gasteiger charge is 2.11. The Morgan fingerprint density at radius 3 is 2.66 bits per heavy atom. The lowest BCUT2D eigenvalue weighted by Gasteiger charge is -2.07. The second-order valence-electron chi connectivity index (χ2n) is 6.80. The van der Waals surface area contributed by atoms with Crippen LogP contribution in [0.25, 0.3) is 21.5 Å². The van der Waals surface area contributed by atoms with Crippen molar-refractivity contribution >= 4 is 32.6 Å². The van der Waals surface area contributed by atoms with Crippen LogP contribution in [0, 0.1) is 6.92 Å². The van der Waals surface area contributed by atoms with Crippen molar-refractivity contribution in [2.45, 2.75) is 26.8 Å². The summed E-state index contributed by atoms with van der Waals surface area (Å²) in [6.07, 6.45) is 0.957. The van der Waals surface area contributed by atoms with Gasteiger partial charge in [-0.2, -0.15) is 5.10 Å². The first-order valence-electron chi connectivity index (χ1n) is 9.36. The summed E-state index contributed by atoms with van der Waals surface area (Å²) < 4.78 is 2.18. The van der Waals surface area contributed by atoms with E-state index in [-0.39, 0.29) is 18.0 Å². The van der Waals surface area contributed by atoms with E-state index in [4.69, 9.17) is 0 Å². The molecule has 7 heteroatoms. The van der Waals surface area contributed by atoms with Gasteiger partial charge in [0.1, 0.15) is 6.54 Å². The Bertz CT molecular complexity index is 1240. The summed E-state index contributed by atoms with van der Waals surface area (Å²) in [6, 6.07) is 17.1. The number of hydrogen-bond acceptors (Lipinski definition) is 5. The maximum Gasteiger partial charge on any atom is 0.267 e. The molecule has 2 heterocycles. The average molecular weight is 404 g/mol. The number of carbonyl (C=O) groups is 1. The van der Waals surface area contributed by atoms with Gasteiger partial charge < -0.3 is 5.32 Å². The molecule has 146 valence electrons. The summed E-state index contributed by atoms with van der Waals surface area (Å²) in [5, 5.41) is 7.64. The number of aryl methyl sites for hydroxylation is 2. The van der Waals surface area contributed by atoms with E-state index >= 15 is 0 Å². The van der Waals surface area contributed by atoms with Crippen LogP contribution in [0.2, 0.25) is 0 Å². The van der Waals surface area contributed by atoms with Gasteiger partial charge in [-0.15, -0.1) is 0 Å². The van der Waals surface area contributed by atoms with Crippen molar-refractivity contribution in [3.05, 3.63) is 76.1 Å². The molecule has 0 unspecified atom stereocenters. The maximum absolute atomic E-state index is 12.5. The summed E-state index contributed by atoms with van der Waals surface area (Å²) in [4.78, 5) is 29.1. The van der Waals surface area contributed by atoms with Gasteiger partial charge in [0, 0.05) is 11.6 Å². The van der Waals surface area contributed by atoms with Crippen molar-refractivity contribution < 1.29 is 4.79 Å². The quantitative estimate of drug-likeness (QED) is 0.545. The highest BCUT2D eigenvalue weighted by Crippen LogP contribution is 2.26. The number of amides is 1. The van der Waals surface area contributed by atoms with Gasteiger partial charge in [0.25, 0.3) is 5.56 Å². The number of nitrogens with zero attached hydrogens (tertiary/aromatic N) is 3. The predicted octanol–water partition coefficient (Wildman–Crippen LogP) is 4.03. The molecule has 4 aromatic rings. The number of aromatic nitrogens is 3. The van der Waals surface area contributed by atoms with Gasteiger partial charge in [-0.1, -0.05) is 48.6 Å². The van der Waals surface area contributed by atoms with Gasteiger partial charge in [0.2, 0.25) is 5.91 Å². The van der Waals surface area contributed by atoms with Gasteiger partial charge in [0.05, 0.1) is 15.9 Å². The molecule has 0 aliphatic rings. The van der Waals surface area contributed by atoms with E-state index in [0.29, 0.717) is 10.8 Å². The van der Waals surface area contributed by atoms with Crippen LogP contribution in [-0.2, 0) is 17.8 Å². The van der Waals surface area contributed by atoms with Crippen LogP contribution in [-0.4, -0.2) is 20.7 Å². The van der Waals surface area contributed by atoms with Crippen LogP contribution in [0.4, 0.5) is 5.13 Å². The van der Waals surface area contributed by atoms with Crippen molar-refractivity contribution in [3.8, 4) is 11.3 Å². The molecule has 0 aliphatic heterocycles. The molecular weight excluding hydrogens is 384 g/mol. The van der Waals surface area contributed by atoms with Crippen molar-refractivity contribution in [2.24, 2.45) is 0 Å². The molecule has 29 heavy (non-hydrogen) atoms. The molecule has 0 aliphatic carbocycles. The van der Waals surface area contributed by atoms with Gasteiger partial charge in [0.15, 0.2) is 5.13 Å². The van der Waals surface area contributed by atoms with Gasteiger partial charge in [-0.05, 0) is 42.7 Å². The molecule has 1 N–H and O–H groups in total. The van der Waals surface area contributed by atoms with E-state index < -0.39 is 0 Å². The molecule has 2 aromatic heterocycles. The first-order valence-corrected chi connectivity index (χ1v) is 10.2. The van der Waals surface area contributed by atoms with Gasteiger partial charge in [-0.3, -0.25) is 9.59 Å². The van der Waals surface area contributed by atoms with Crippen LogP contribution in [0.5, 0.6) is 0 Å². The van der Waals surface area contributed by atoms with E-state index in [9.17, 15) is 9.59 Å². The Labute approximate surface area is 171 Å². The molecule has 0 atom stereocenters. The summed E-state index contributed by atoms with van der Waals surface area (Å²) in [5.41, 5.74) is 4.43. The normalized spacial score (nSPS) is 11.0. The fourth-order valence-corrected chi connectivity index (χ4v) is 3.99. The largest absolute Gasteiger partial charge is 0.300 e. The van der Waals surface area contributed by atoms with E-state index in [2.05, 4.69) is 22.3 Å². The topological polar surface area (TPSA) is 76.9 Å². The molecule has 0 fully saturated rings. The number of nitrogens with one attached hydrogen (secondary N) is 1. The smallest absolute Gasteiger partial charge is 0.267 e. The Balaban J connectivity index is 1.53. The van der Waals surface area contributed by atoms with Crippen molar-refractivity contribution in [2.75, 3.05) is 5.32 Å². The minimum atomic E-state index is -0.339. The molecular formula is C22H20N4O2S. The van der Waals surface area contributed by atoms with Gasteiger partial charge in [-0.25, -0.2) is 9.67 Å². The van der Waals surface area contributed by atoms with E-state index in [1.807, 2.05) is 49.4 Å². The number of anilines is 1. The van der Waals surface area contributed by atoms with Crippen LogP contribution in [0.15, 0.2) is 59.4 Å². The number of fused-ring (bicyclic) bond motifs is 1. The number of hydrogen-bond donors (Lipinski definition) is 1. The van der Waals surface area contributed by atoms with Crippen molar-refractivity contribution in [1.29, 1.82) is 0 Å². The Morgan fingerprint density at radius 2 is 1.90 bits per heavy atom. The summed E-state index contributed by atoms with van der Waals surface area (Å²) >= 11 is 1.41. The molecule has 6 nitrogen and oxygen atoms in total. The number of rotatable bonds is 5. The van der Waals surface area contributed by atoms with Crippen LogP contribution in [0.1, 0.15) is 18.1 Å². The highest BCUT2D eigenvalue weighted by atomic mass is 32.1. The molecule has 0 bridgehead atoms. The lowest BCUT2D eigenvalue weighted by atomic mass is 10.1. The van der Waals surface area contributed by atoms with Crippen molar-refractivity contribution in [3.63, 3.8) is 0 Å². The molecule has 2 aromatic carbocycles. The third-order valence-electron chi connectivity index (χ3n) is 4.61. The Hall–Kier alpha value is -3.32. The maximum atomic E-state index is 12.5. The third kappa shape index (κ3) is 4.25. The molecule has 0 spiro atoms. The zero-order valence-electron chi connectivity index (χ0n) is 16.2. The fourth-order valence-electron chi connectivity index (χ4n) is 3.01. The molecule has 0 radical (unpaired) electrons. The second-order valence-corrected chi connectivity index (χ2v) is 7.83. The summed E-state index contributed by atoms with van der Waals surface area (Å²) in [6.45, 7) is 3.94. The third-order valence-corrected chi connectivity index (χ3v) is 5.54. The minimum absolute atomic E-state index is 0.172. The number of carbonyl (C=O) groups excluding carboxylic acids is 1. The number of benzene rings is 2. The lowest BCUT2D eigenvalue weighted by molar-refractivity contribution is -0.117. The lowest BCUT2D eigenvalue weighted by Crippen LogP contribution is -2.29. The van der Waals surface area contributed by atoms with Crippen LogP contribution < -0.4 is 10.9 Å². The van der Waals surface area contributed by atoms with Crippen LogP contribution >= 0.6 is 11.3 Å². The highest BCUT2D eigenvalue weighted by molar-refractivity contribution is 7.22. The molecule has 0 saturated carbocycles. The second kappa shape index (κ2) is 7.97. The number of thiazole rings is 1. The monoisotopic (exact) mass is 404 g/mol. The Kier molecular flexibility index (Phi) is 5.22. The predicted molar refractivity (Wildman–Crippen MR) is 116 cm³/mol. The first kappa shape index (κ1) is 19.0. The summed E-state index contributed by atoms with van der Waals surface area (Å²) in [5.74, 6) is -0.339. The zero-order valence-corrected chi connectivity index (χ0v) is 17.0. The summed E-state index contributed by atoms with van der Waals surface area (Å²) in [7, 11) is 0. The zero-order chi connectivity index (χ0) is 20.4. The van der Waals surface area contributed by atoms with E-state index in [1.165, 1.54) is 27.6 Å². The van der Waals surface area contributed by atoms with Gasteiger partial charge >= 0.3 is 0 Å². The van der Waals surface area contributed by atoms with E-state index in [1.54, 1.807) is 6.07 Å². The first-order chi connectivity index (χ1) is 14.0. The molecule has 4 rings (SSSR count). The Morgan fingerprint density at radius 1 is 1.10 bits per heavy atom. The fraction of sp³-hybridized carbons (Fsp3) is 0.182. The SMILES string of the molecule is CCc1ccc(-c2ccc(=O)n(CC(=O)Nc3nc4ccc(C)cc4s3)n2)cc1.